The van der Waals surface area contributed by atoms with Gasteiger partial charge in [0.15, 0.2) is 0 Å². The molecule has 0 bridgehead atoms. The number of aromatic nitrogens is 3. The molecule has 1 saturated heterocycles. The zero-order valence-corrected chi connectivity index (χ0v) is 16.3. The van der Waals surface area contributed by atoms with E-state index in [1.54, 1.807) is 34.6 Å². The molecule has 1 aliphatic heterocycles. The number of anilines is 1. The lowest BCUT2D eigenvalue weighted by molar-refractivity contribution is 0.268. The number of piperidine rings is 1. The number of sulfonamides is 1. The Labute approximate surface area is 158 Å². The molecule has 8 heteroatoms. The van der Waals surface area contributed by atoms with Crippen molar-refractivity contribution in [3.05, 3.63) is 42.0 Å². The SMILES string of the molecule is Cc1cc2nn(-c3ccc(S(=O)(=O)N4CCCCC4C)cc3)nc2cc1N. The Hall–Kier alpha value is -2.45. The van der Waals surface area contributed by atoms with Crippen molar-refractivity contribution in [3.63, 3.8) is 0 Å². The summed E-state index contributed by atoms with van der Waals surface area (Å²) in [5, 5.41) is 8.91. The molecule has 0 radical (unpaired) electrons. The van der Waals surface area contributed by atoms with Crippen LogP contribution in [0.25, 0.3) is 16.7 Å². The van der Waals surface area contributed by atoms with Crippen molar-refractivity contribution >= 4 is 26.7 Å². The van der Waals surface area contributed by atoms with Crippen LogP contribution in [0.1, 0.15) is 31.7 Å². The summed E-state index contributed by atoms with van der Waals surface area (Å²) in [6.45, 7) is 4.48. The van der Waals surface area contributed by atoms with Crippen molar-refractivity contribution in [1.29, 1.82) is 0 Å². The number of nitrogen functional groups attached to an aromatic ring is 1. The van der Waals surface area contributed by atoms with Crippen LogP contribution in [0, 0.1) is 6.92 Å². The molecule has 2 N–H and O–H groups in total. The van der Waals surface area contributed by atoms with Gasteiger partial charge in [0.05, 0.1) is 10.6 Å². The van der Waals surface area contributed by atoms with Crippen molar-refractivity contribution < 1.29 is 8.42 Å². The van der Waals surface area contributed by atoms with Crippen LogP contribution in [0.5, 0.6) is 0 Å². The van der Waals surface area contributed by atoms with E-state index in [1.807, 2.05) is 19.9 Å². The van der Waals surface area contributed by atoms with E-state index in [0.29, 0.717) is 28.3 Å². The molecule has 0 aliphatic carbocycles. The Kier molecular flexibility index (Phi) is 4.39. The van der Waals surface area contributed by atoms with E-state index in [0.717, 1.165) is 30.3 Å². The lowest BCUT2D eigenvalue weighted by atomic mass is 10.1. The molecular formula is C19H23N5O2S. The van der Waals surface area contributed by atoms with Gasteiger partial charge in [0.2, 0.25) is 10.0 Å². The van der Waals surface area contributed by atoms with Crippen molar-refractivity contribution in [3.8, 4) is 5.69 Å². The second kappa shape index (κ2) is 6.61. The summed E-state index contributed by atoms with van der Waals surface area (Å²) in [5.41, 5.74) is 9.72. The predicted molar refractivity (Wildman–Crippen MR) is 105 cm³/mol. The minimum atomic E-state index is -3.48. The summed E-state index contributed by atoms with van der Waals surface area (Å²) < 4.78 is 27.5. The van der Waals surface area contributed by atoms with Gasteiger partial charge in [-0.3, -0.25) is 0 Å². The van der Waals surface area contributed by atoms with E-state index in [1.165, 1.54) is 4.80 Å². The first-order valence-electron chi connectivity index (χ1n) is 9.12. The van der Waals surface area contributed by atoms with E-state index in [2.05, 4.69) is 10.2 Å². The Morgan fingerprint density at radius 3 is 2.41 bits per heavy atom. The van der Waals surface area contributed by atoms with Gasteiger partial charge in [-0.25, -0.2) is 8.42 Å². The third kappa shape index (κ3) is 3.19. The molecule has 4 rings (SSSR count). The van der Waals surface area contributed by atoms with Gasteiger partial charge < -0.3 is 5.73 Å². The molecule has 3 aromatic rings. The van der Waals surface area contributed by atoms with Gasteiger partial charge in [0.1, 0.15) is 11.0 Å². The minimum absolute atomic E-state index is 0.0372. The summed E-state index contributed by atoms with van der Waals surface area (Å²) in [6.07, 6.45) is 2.90. The maximum atomic E-state index is 12.9. The molecule has 7 nitrogen and oxygen atoms in total. The Morgan fingerprint density at radius 1 is 1.07 bits per heavy atom. The number of fused-ring (bicyclic) bond motifs is 1. The topological polar surface area (TPSA) is 94.1 Å². The number of hydrogen-bond donors (Lipinski definition) is 1. The molecule has 1 aliphatic rings. The van der Waals surface area contributed by atoms with Crippen LogP contribution in [0.15, 0.2) is 41.3 Å². The number of nitrogens with zero attached hydrogens (tertiary/aromatic N) is 4. The average Bonchev–Trinajstić information content (AvgIpc) is 3.05. The maximum absolute atomic E-state index is 12.9. The molecule has 1 aromatic heterocycles. The van der Waals surface area contributed by atoms with Crippen LogP contribution < -0.4 is 5.73 Å². The number of hydrogen-bond acceptors (Lipinski definition) is 5. The van der Waals surface area contributed by atoms with Gasteiger partial charge in [-0.2, -0.15) is 9.10 Å². The summed E-state index contributed by atoms with van der Waals surface area (Å²) in [7, 11) is -3.48. The number of rotatable bonds is 3. The lowest BCUT2D eigenvalue weighted by Crippen LogP contribution is -2.41. The molecule has 142 valence electrons. The molecule has 27 heavy (non-hydrogen) atoms. The molecule has 1 fully saturated rings. The largest absolute Gasteiger partial charge is 0.398 e. The second-order valence-electron chi connectivity index (χ2n) is 7.14. The van der Waals surface area contributed by atoms with Crippen LogP contribution >= 0.6 is 0 Å². The van der Waals surface area contributed by atoms with Gasteiger partial charge in [-0.15, -0.1) is 10.2 Å². The monoisotopic (exact) mass is 385 g/mol. The highest BCUT2D eigenvalue weighted by Crippen LogP contribution is 2.26. The molecule has 1 atom stereocenters. The van der Waals surface area contributed by atoms with Crippen LogP contribution in [0.3, 0.4) is 0 Å². The number of benzene rings is 2. The average molecular weight is 385 g/mol. The van der Waals surface area contributed by atoms with Crippen LogP contribution in [-0.4, -0.2) is 40.3 Å². The smallest absolute Gasteiger partial charge is 0.243 e. The lowest BCUT2D eigenvalue weighted by Gasteiger charge is -2.32. The second-order valence-corrected chi connectivity index (χ2v) is 9.03. The van der Waals surface area contributed by atoms with Gasteiger partial charge >= 0.3 is 0 Å². The van der Waals surface area contributed by atoms with E-state index < -0.39 is 10.0 Å². The highest BCUT2D eigenvalue weighted by Gasteiger charge is 2.30. The highest BCUT2D eigenvalue weighted by molar-refractivity contribution is 7.89. The first-order chi connectivity index (χ1) is 12.9. The molecule has 2 heterocycles. The predicted octanol–water partition coefficient (Wildman–Crippen LogP) is 2.87. The Morgan fingerprint density at radius 2 is 1.74 bits per heavy atom. The van der Waals surface area contributed by atoms with Crippen molar-refractivity contribution in [2.75, 3.05) is 12.3 Å². The molecule has 2 aromatic carbocycles. The van der Waals surface area contributed by atoms with Gasteiger partial charge in [0, 0.05) is 18.3 Å². The molecule has 0 saturated carbocycles. The Balaban J connectivity index is 1.66. The fourth-order valence-corrected chi connectivity index (χ4v) is 5.21. The first-order valence-corrected chi connectivity index (χ1v) is 10.6. The van der Waals surface area contributed by atoms with E-state index in [-0.39, 0.29) is 6.04 Å². The van der Waals surface area contributed by atoms with E-state index in [4.69, 9.17) is 5.73 Å². The summed E-state index contributed by atoms with van der Waals surface area (Å²) in [5.74, 6) is 0. The van der Waals surface area contributed by atoms with Gasteiger partial charge in [-0.1, -0.05) is 6.42 Å². The highest BCUT2D eigenvalue weighted by atomic mass is 32.2. The maximum Gasteiger partial charge on any atom is 0.243 e. The third-order valence-electron chi connectivity index (χ3n) is 5.18. The Bertz CT molecular complexity index is 1050. The summed E-state index contributed by atoms with van der Waals surface area (Å²) in [6, 6.07) is 10.4. The zero-order valence-electron chi connectivity index (χ0n) is 15.5. The first kappa shape index (κ1) is 17.9. The van der Waals surface area contributed by atoms with Crippen LogP contribution in [-0.2, 0) is 10.0 Å². The summed E-state index contributed by atoms with van der Waals surface area (Å²) in [4.78, 5) is 1.81. The minimum Gasteiger partial charge on any atom is -0.398 e. The number of aryl methyl sites for hydroxylation is 1. The van der Waals surface area contributed by atoms with E-state index >= 15 is 0 Å². The van der Waals surface area contributed by atoms with Crippen LogP contribution in [0.4, 0.5) is 5.69 Å². The van der Waals surface area contributed by atoms with E-state index in [9.17, 15) is 8.42 Å². The molecular weight excluding hydrogens is 362 g/mol. The van der Waals surface area contributed by atoms with Crippen molar-refractivity contribution in [2.45, 2.75) is 44.0 Å². The quantitative estimate of drug-likeness (QED) is 0.700. The number of nitrogens with two attached hydrogens (primary N) is 1. The molecule has 0 spiro atoms. The van der Waals surface area contributed by atoms with Crippen LogP contribution in [0.2, 0.25) is 0 Å². The third-order valence-corrected chi connectivity index (χ3v) is 7.21. The fourth-order valence-electron chi connectivity index (χ4n) is 3.52. The molecule has 0 amide bonds. The normalized spacial score (nSPS) is 18.8. The fraction of sp³-hybridized carbons (Fsp3) is 0.368. The zero-order chi connectivity index (χ0) is 19.2. The standard InChI is InChI=1S/C19H23N5O2S/c1-13-11-18-19(12-17(13)20)22-24(21-18)15-6-8-16(9-7-15)27(25,26)23-10-4-3-5-14(23)2/h6-9,11-12,14H,3-5,10,20H2,1-2H3. The molecule has 1 unspecified atom stereocenters. The van der Waals surface area contributed by atoms with Gasteiger partial charge in [0.25, 0.3) is 0 Å². The van der Waals surface area contributed by atoms with Crippen molar-refractivity contribution in [1.82, 2.24) is 19.3 Å². The van der Waals surface area contributed by atoms with Gasteiger partial charge in [-0.05, 0) is 68.7 Å². The van der Waals surface area contributed by atoms with Crippen molar-refractivity contribution in [2.24, 2.45) is 0 Å². The summed E-state index contributed by atoms with van der Waals surface area (Å²) >= 11 is 0.